The number of nitrogens with one attached hydrogen (secondary N) is 2. The highest BCUT2D eigenvalue weighted by Gasteiger charge is 2.27. The molecule has 9 heteroatoms. The van der Waals surface area contributed by atoms with Gasteiger partial charge in [-0.15, -0.1) is 24.0 Å². The van der Waals surface area contributed by atoms with Crippen LogP contribution in [-0.4, -0.2) is 44.3 Å². The number of thioether (sulfide) groups is 1. The summed E-state index contributed by atoms with van der Waals surface area (Å²) in [6.07, 6.45) is 0.0704. The Bertz CT molecular complexity index is 513. The average Bonchev–Trinajstić information content (AvgIpc) is 2.57. The predicted octanol–water partition coefficient (Wildman–Crippen LogP) is 4.19. The number of aliphatic imine (C=N–C) groups is 1. The first-order valence-electron chi connectivity index (χ1n) is 8.10. The summed E-state index contributed by atoms with van der Waals surface area (Å²) in [5, 5.41) is 6.47. The van der Waals surface area contributed by atoms with Gasteiger partial charge in [-0.3, -0.25) is 4.99 Å². The van der Waals surface area contributed by atoms with Crippen molar-refractivity contribution in [1.82, 2.24) is 10.6 Å². The van der Waals surface area contributed by atoms with Gasteiger partial charge >= 0.3 is 6.18 Å². The summed E-state index contributed by atoms with van der Waals surface area (Å²) in [6, 6.07) is 7.27. The van der Waals surface area contributed by atoms with Crippen LogP contribution >= 0.6 is 35.7 Å². The Hall–Kier alpha value is -0.680. The fraction of sp³-hybridized carbons (Fsp3) is 0.588. The minimum absolute atomic E-state index is 0. The van der Waals surface area contributed by atoms with Crippen LogP contribution < -0.4 is 10.6 Å². The first kappa shape index (κ1) is 25.3. The lowest BCUT2D eigenvalue weighted by Gasteiger charge is -2.12. The number of hydrogen-bond donors (Lipinski definition) is 2. The Balaban J connectivity index is 0.00000625. The van der Waals surface area contributed by atoms with Crippen LogP contribution in [0.3, 0.4) is 0 Å². The van der Waals surface area contributed by atoms with Crippen molar-refractivity contribution in [3.8, 4) is 0 Å². The first-order chi connectivity index (χ1) is 11.9. The smallest absolute Gasteiger partial charge is 0.367 e. The van der Waals surface area contributed by atoms with Crippen molar-refractivity contribution in [3.63, 3.8) is 0 Å². The van der Waals surface area contributed by atoms with Crippen LogP contribution in [0.5, 0.6) is 0 Å². The number of ether oxygens (including phenoxy) is 1. The number of benzene rings is 1. The SMILES string of the molecule is CN=C(NCCCCSC)NCc1ccc(COCC(F)(F)F)cc1.I. The van der Waals surface area contributed by atoms with E-state index >= 15 is 0 Å². The molecule has 0 spiro atoms. The van der Waals surface area contributed by atoms with E-state index in [0.717, 1.165) is 30.2 Å². The lowest BCUT2D eigenvalue weighted by Crippen LogP contribution is -2.37. The van der Waals surface area contributed by atoms with Crippen molar-refractivity contribution in [2.75, 3.05) is 32.2 Å². The summed E-state index contributed by atoms with van der Waals surface area (Å²) in [7, 11) is 1.72. The minimum Gasteiger partial charge on any atom is -0.367 e. The van der Waals surface area contributed by atoms with E-state index in [4.69, 9.17) is 0 Å². The fourth-order valence-corrected chi connectivity index (χ4v) is 2.52. The van der Waals surface area contributed by atoms with Gasteiger partial charge in [0, 0.05) is 20.1 Å². The molecule has 150 valence electrons. The van der Waals surface area contributed by atoms with Crippen molar-refractivity contribution in [1.29, 1.82) is 0 Å². The summed E-state index contributed by atoms with van der Waals surface area (Å²) in [5.74, 6) is 1.90. The Morgan fingerprint density at radius 2 is 1.77 bits per heavy atom. The van der Waals surface area contributed by atoms with Crippen molar-refractivity contribution < 1.29 is 17.9 Å². The second-order valence-corrected chi connectivity index (χ2v) is 6.46. The summed E-state index contributed by atoms with van der Waals surface area (Å²) >= 11 is 1.84. The maximum Gasteiger partial charge on any atom is 0.411 e. The molecule has 0 radical (unpaired) electrons. The average molecular weight is 505 g/mol. The molecule has 1 aromatic rings. The first-order valence-corrected chi connectivity index (χ1v) is 9.50. The number of halogens is 4. The van der Waals surface area contributed by atoms with E-state index in [9.17, 15) is 13.2 Å². The number of hydrogen-bond acceptors (Lipinski definition) is 3. The second-order valence-electron chi connectivity index (χ2n) is 5.48. The molecule has 0 aliphatic heterocycles. The molecular weight excluding hydrogens is 478 g/mol. The molecule has 0 heterocycles. The zero-order valence-electron chi connectivity index (χ0n) is 15.1. The highest BCUT2D eigenvalue weighted by atomic mass is 127. The zero-order valence-corrected chi connectivity index (χ0v) is 18.2. The van der Waals surface area contributed by atoms with Crippen LogP contribution in [0.15, 0.2) is 29.3 Å². The Morgan fingerprint density at radius 3 is 2.35 bits per heavy atom. The zero-order chi connectivity index (χ0) is 18.5. The van der Waals surface area contributed by atoms with Gasteiger partial charge in [-0.1, -0.05) is 24.3 Å². The highest BCUT2D eigenvalue weighted by molar-refractivity contribution is 14.0. The van der Waals surface area contributed by atoms with E-state index in [1.807, 2.05) is 23.9 Å². The molecular formula is C17H27F3IN3OS. The quantitative estimate of drug-likeness (QED) is 0.217. The molecule has 26 heavy (non-hydrogen) atoms. The summed E-state index contributed by atoms with van der Waals surface area (Å²) < 4.78 is 40.7. The third-order valence-electron chi connectivity index (χ3n) is 3.31. The predicted molar refractivity (Wildman–Crippen MR) is 113 cm³/mol. The molecule has 0 aliphatic rings. The van der Waals surface area contributed by atoms with E-state index in [2.05, 4.69) is 26.6 Å². The second kappa shape index (κ2) is 14.4. The Labute approximate surface area is 174 Å². The van der Waals surface area contributed by atoms with E-state index in [1.54, 1.807) is 19.2 Å². The van der Waals surface area contributed by atoms with Crippen LogP contribution in [0, 0.1) is 0 Å². The van der Waals surface area contributed by atoms with E-state index in [-0.39, 0.29) is 30.6 Å². The third kappa shape index (κ3) is 12.6. The molecule has 0 aromatic heterocycles. The van der Waals surface area contributed by atoms with E-state index < -0.39 is 12.8 Å². The topological polar surface area (TPSA) is 45.7 Å². The molecule has 0 amide bonds. The maximum atomic E-state index is 12.0. The number of alkyl halides is 3. The van der Waals surface area contributed by atoms with E-state index in [1.165, 1.54) is 6.42 Å². The van der Waals surface area contributed by atoms with Gasteiger partial charge in [-0.25, -0.2) is 0 Å². The van der Waals surface area contributed by atoms with Gasteiger partial charge in [0.15, 0.2) is 5.96 Å². The van der Waals surface area contributed by atoms with Gasteiger partial charge in [0.1, 0.15) is 6.61 Å². The van der Waals surface area contributed by atoms with Crippen molar-refractivity contribution in [2.24, 2.45) is 4.99 Å². The van der Waals surface area contributed by atoms with Crippen molar-refractivity contribution >= 4 is 41.7 Å². The van der Waals surface area contributed by atoms with E-state index in [0.29, 0.717) is 12.1 Å². The number of guanidine groups is 1. The van der Waals surface area contributed by atoms with Crippen molar-refractivity contribution in [3.05, 3.63) is 35.4 Å². The van der Waals surface area contributed by atoms with Crippen molar-refractivity contribution in [2.45, 2.75) is 32.2 Å². The fourth-order valence-electron chi connectivity index (χ4n) is 2.02. The monoisotopic (exact) mass is 505 g/mol. The molecule has 0 unspecified atom stereocenters. The third-order valence-corrected chi connectivity index (χ3v) is 4.01. The van der Waals surface area contributed by atoms with Crippen LogP contribution in [0.25, 0.3) is 0 Å². The van der Waals surface area contributed by atoms with Gasteiger partial charge < -0.3 is 15.4 Å². The largest absolute Gasteiger partial charge is 0.411 e. The van der Waals surface area contributed by atoms with Crippen LogP contribution in [-0.2, 0) is 17.9 Å². The van der Waals surface area contributed by atoms with Gasteiger partial charge in [0.2, 0.25) is 0 Å². The highest BCUT2D eigenvalue weighted by Crippen LogP contribution is 2.15. The minimum atomic E-state index is -4.29. The molecule has 4 nitrogen and oxygen atoms in total. The molecule has 0 bridgehead atoms. The lowest BCUT2D eigenvalue weighted by atomic mass is 10.1. The molecule has 2 N–H and O–H groups in total. The molecule has 1 aromatic carbocycles. The molecule has 0 aliphatic carbocycles. The number of unbranched alkanes of at least 4 members (excludes halogenated alkanes) is 1. The van der Waals surface area contributed by atoms with Gasteiger partial charge in [-0.05, 0) is 36.0 Å². The van der Waals surface area contributed by atoms with Crippen LogP contribution in [0.2, 0.25) is 0 Å². The Morgan fingerprint density at radius 1 is 1.12 bits per heavy atom. The molecule has 0 fully saturated rings. The van der Waals surface area contributed by atoms with Crippen LogP contribution in [0.1, 0.15) is 24.0 Å². The molecule has 0 saturated heterocycles. The van der Waals surface area contributed by atoms with Gasteiger partial charge in [0.05, 0.1) is 6.61 Å². The maximum absolute atomic E-state index is 12.0. The van der Waals surface area contributed by atoms with Gasteiger partial charge in [0.25, 0.3) is 0 Å². The normalized spacial score (nSPS) is 11.8. The summed E-state index contributed by atoms with van der Waals surface area (Å²) in [5.41, 5.74) is 1.73. The Kier molecular flexibility index (Phi) is 14.0. The number of rotatable bonds is 10. The molecule has 0 saturated carbocycles. The standard InChI is InChI=1S/C17H26F3N3OS.HI/c1-21-16(22-9-3-4-10-25-2)23-11-14-5-7-15(8-6-14)12-24-13-17(18,19)20;/h5-8H,3-4,9-13H2,1-2H3,(H2,21,22,23);1H. The van der Waals surface area contributed by atoms with Crippen LogP contribution in [0.4, 0.5) is 13.2 Å². The molecule has 0 atom stereocenters. The van der Waals surface area contributed by atoms with Gasteiger partial charge in [-0.2, -0.15) is 24.9 Å². The molecule has 1 rings (SSSR count). The summed E-state index contributed by atoms with van der Waals surface area (Å²) in [6.45, 7) is 0.186. The lowest BCUT2D eigenvalue weighted by molar-refractivity contribution is -0.176. The number of nitrogens with zero attached hydrogens (tertiary/aromatic N) is 1. The summed E-state index contributed by atoms with van der Waals surface area (Å²) in [4.78, 5) is 4.16.